The van der Waals surface area contributed by atoms with E-state index in [2.05, 4.69) is 20.7 Å². The van der Waals surface area contributed by atoms with E-state index < -0.39 is 17.5 Å². The van der Waals surface area contributed by atoms with E-state index in [1.165, 1.54) is 17.3 Å². The fourth-order valence-corrected chi connectivity index (χ4v) is 2.38. The minimum Gasteiger partial charge on any atom is -0.351 e. The summed E-state index contributed by atoms with van der Waals surface area (Å²) in [4.78, 5) is 27.9. The van der Waals surface area contributed by atoms with Gasteiger partial charge in [-0.3, -0.25) is 9.59 Å². The highest BCUT2D eigenvalue weighted by molar-refractivity contribution is 5.96. The molecule has 3 rings (SSSR count). The summed E-state index contributed by atoms with van der Waals surface area (Å²) in [6.45, 7) is -0.00697. The fraction of sp³-hybridized carbons (Fsp3) is 0.111. The molecule has 0 bridgehead atoms. The third kappa shape index (κ3) is 4.51. The zero-order chi connectivity index (χ0) is 19.2. The number of amides is 2. The zero-order valence-corrected chi connectivity index (χ0v) is 14.0. The predicted octanol–water partition coefficient (Wildman–Crippen LogP) is 2.30. The topological polar surface area (TPSA) is 88.9 Å². The molecule has 2 amide bonds. The van der Waals surface area contributed by atoms with E-state index in [0.717, 1.165) is 12.1 Å². The van der Waals surface area contributed by atoms with E-state index in [1.54, 1.807) is 24.3 Å². The monoisotopic (exact) mass is 371 g/mol. The van der Waals surface area contributed by atoms with Crippen LogP contribution in [0.15, 0.2) is 55.1 Å². The number of carbonyl (C=O) groups excluding carboxylic acids is 2. The number of para-hydroxylation sites is 2. The Balaban J connectivity index is 1.56. The van der Waals surface area contributed by atoms with Gasteiger partial charge in [-0.2, -0.15) is 5.10 Å². The lowest BCUT2D eigenvalue weighted by Gasteiger charge is -2.11. The Morgan fingerprint density at radius 3 is 2.67 bits per heavy atom. The first-order valence-corrected chi connectivity index (χ1v) is 8.02. The smallest absolute Gasteiger partial charge is 0.254 e. The molecular weight excluding hydrogens is 356 g/mol. The van der Waals surface area contributed by atoms with Gasteiger partial charge in [-0.1, -0.05) is 12.1 Å². The van der Waals surface area contributed by atoms with Crippen LogP contribution in [0, 0.1) is 11.6 Å². The third-order valence-corrected chi connectivity index (χ3v) is 3.66. The van der Waals surface area contributed by atoms with Crippen LogP contribution in [0.5, 0.6) is 0 Å². The first-order chi connectivity index (χ1) is 13.0. The maximum atomic E-state index is 13.6. The van der Waals surface area contributed by atoms with Crippen molar-refractivity contribution < 1.29 is 18.4 Å². The van der Waals surface area contributed by atoms with E-state index in [9.17, 15) is 18.4 Å². The van der Waals surface area contributed by atoms with Crippen molar-refractivity contribution in [1.82, 2.24) is 20.1 Å². The average molecular weight is 371 g/mol. The number of aromatic nitrogens is 3. The number of nitrogens with one attached hydrogen (secondary N) is 2. The Morgan fingerprint density at radius 1 is 1.11 bits per heavy atom. The second kappa shape index (κ2) is 8.17. The van der Waals surface area contributed by atoms with Crippen molar-refractivity contribution in [1.29, 1.82) is 0 Å². The highest BCUT2D eigenvalue weighted by Crippen LogP contribution is 2.18. The quantitative estimate of drug-likeness (QED) is 0.696. The van der Waals surface area contributed by atoms with Crippen LogP contribution in [0.2, 0.25) is 0 Å². The maximum absolute atomic E-state index is 13.6. The Kier molecular flexibility index (Phi) is 5.50. The van der Waals surface area contributed by atoms with E-state index in [1.807, 2.05) is 0 Å². The first kappa shape index (κ1) is 18.2. The molecule has 3 aromatic rings. The van der Waals surface area contributed by atoms with Crippen molar-refractivity contribution in [3.8, 4) is 5.69 Å². The van der Waals surface area contributed by atoms with Crippen LogP contribution in [-0.4, -0.2) is 33.1 Å². The van der Waals surface area contributed by atoms with Crippen LogP contribution < -0.4 is 10.6 Å². The van der Waals surface area contributed by atoms with Crippen LogP contribution in [-0.2, 0) is 4.79 Å². The molecule has 0 atom stereocenters. The molecule has 27 heavy (non-hydrogen) atoms. The van der Waals surface area contributed by atoms with Crippen LogP contribution >= 0.6 is 0 Å². The Bertz CT molecular complexity index is 960. The number of hydrogen-bond acceptors (Lipinski definition) is 4. The number of benzene rings is 2. The van der Waals surface area contributed by atoms with Gasteiger partial charge in [0.25, 0.3) is 5.91 Å². The van der Waals surface area contributed by atoms with Gasteiger partial charge in [0, 0.05) is 19.0 Å². The van der Waals surface area contributed by atoms with Crippen molar-refractivity contribution in [2.24, 2.45) is 0 Å². The van der Waals surface area contributed by atoms with E-state index in [0.29, 0.717) is 17.4 Å². The van der Waals surface area contributed by atoms with Crippen LogP contribution in [0.25, 0.3) is 5.69 Å². The Morgan fingerprint density at radius 2 is 1.93 bits per heavy atom. The van der Waals surface area contributed by atoms with Gasteiger partial charge in [0.15, 0.2) is 0 Å². The van der Waals surface area contributed by atoms with Gasteiger partial charge < -0.3 is 10.6 Å². The molecule has 0 saturated carbocycles. The maximum Gasteiger partial charge on any atom is 0.254 e. The Labute approximate surface area is 153 Å². The standard InChI is InChI=1S/C18H15F2N5O2/c19-12-5-6-13(14(20)9-12)18(27)22-8-7-17(26)24-15-3-1-2-4-16(15)25-11-21-10-23-25/h1-6,9-11H,7-8H2,(H,22,27)(H,24,26). The highest BCUT2D eigenvalue weighted by Gasteiger charge is 2.13. The summed E-state index contributed by atoms with van der Waals surface area (Å²) < 4.78 is 27.9. The summed E-state index contributed by atoms with van der Waals surface area (Å²) in [6.07, 6.45) is 2.85. The van der Waals surface area contributed by atoms with E-state index in [-0.39, 0.29) is 24.4 Å². The minimum atomic E-state index is -0.960. The minimum absolute atomic E-state index is 0.00697. The molecule has 2 aromatic carbocycles. The molecule has 0 spiro atoms. The van der Waals surface area contributed by atoms with Crippen molar-refractivity contribution in [2.45, 2.75) is 6.42 Å². The summed E-state index contributed by atoms with van der Waals surface area (Å²) in [6, 6.07) is 9.70. The summed E-state index contributed by atoms with van der Waals surface area (Å²) in [5.74, 6) is -2.79. The van der Waals surface area contributed by atoms with Gasteiger partial charge in [-0.15, -0.1) is 0 Å². The van der Waals surface area contributed by atoms with Crippen LogP contribution in [0.1, 0.15) is 16.8 Å². The lowest BCUT2D eigenvalue weighted by atomic mass is 10.2. The van der Waals surface area contributed by atoms with Crippen molar-refractivity contribution in [3.63, 3.8) is 0 Å². The Hall–Kier alpha value is -3.62. The highest BCUT2D eigenvalue weighted by atomic mass is 19.1. The fourth-order valence-electron chi connectivity index (χ4n) is 2.38. The number of anilines is 1. The molecule has 7 nitrogen and oxygen atoms in total. The van der Waals surface area contributed by atoms with Gasteiger partial charge >= 0.3 is 0 Å². The molecule has 0 fully saturated rings. The van der Waals surface area contributed by atoms with Gasteiger partial charge in [0.05, 0.1) is 16.9 Å². The van der Waals surface area contributed by atoms with Gasteiger partial charge in [0.2, 0.25) is 5.91 Å². The lowest BCUT2D eigenvalue weighted by molar-refractivity contribution is -0.116. The third-order valence-electron chi connectivity index (χ3n) is 3.66. The second-order valence-electron chi connectivity index (χ2n) is 5.54. The molecule has 9 heteroatoms. The molecule has 138 valence electrons. The molecule has 0 aliphatic carbocycles. The van der Waals surface area contributed by atoms with Gasteiger partial charge in [0.1, 0.15) is 24.3 Å². The number of nitrogens with zero attached hydrogens (tertiary/aromatic N) is 3. The van der Waals surface area contributed by atoms with Crippen molar-refractivity contribution in [2.75, 3.05) is 11.9 Å². The molecule has 0 saturated heterocycles. The molecule has 0 unspecified atom stereocenters. The summed E-state index contributed by atoms with van der Waals surface area (Å²) in [5, 5.41) is 9.18. The van der Waals surface area contributed by atoms with Crippen LogP contribution in [0.3, 0.4) is 0 Å². The lowest BCUT2D eigenvalue weighted by Crippen LogP contribution is -2.28. The van der Waals surface area contributed by atoms with Crippen LogP contribution in [0.4, 0.5) is 14.5 Å². The molecule has 0 aliphatic heterocycles. The number of rotatable bonds is 6. The number of halogens is 2. The predicted molar refractivity (Wildman–Crippen MR) is 93.3 cm³/mol. The SMILES string of the molecule is O=C(CCNC(=O)c1ccc(F)cc1F)Nc1ccccc1-n1cncn1. The first-order valence-electron chi connectivity index (χ1n) is 8.02. The van der Waals surface area contributed by atoms with Gasteiger partial charge in [-0.05, 0) is 24.3 Å². The molecule has 1 aromatic heterocycles. The summed E-state index contributed by atoms with van der Waals surface area (Å²) in [7, 11) is 0. The number of hydrogen-bond donors (Lipinski definition) is 2. The molecule has 0 radical (unpaired) electrons. The number of carbonyl (C=O) groups is 2. The van der Waals surface area contributed by atoms with Crippen molar-refractivity contribution in [3.05, 3.63) is 72.3 Å². The summed E-state index contributed by atoms with van der Waals surface area (Å²) in [5.41, 5.74) is 0.887. The largest absolute Gasteiger partial charge is 0.351 e. The zero-order valence-electron chi connectivity index (χ0n) is 14.0. The normalized spacial score (nSPS) is 10.4. The molecule has 2 N–H and O–H groups in total. The van der Waals surface area contributed by atoms with E-state index in [4.69, 9.17) is 0 Å². The average Bonchev–Trinajstić information content (AvgIpc) is 3.16. The summed E-state index contributed by atoms with van der Waals surface area (Å²) >= 11 is 0. The van der Waals surface area contributed by atoms with Gasteiger partial charge in [-0.25, -0.2) is 18.4 Å². The molecule has 0 aliphatic rings. The molecule has 1 heterocycles. The van der Waals surface area contributed by atoms with Crippen molar-refractivity contribution >= 4 is 17.5 Å². The van der Waals surface area contributed by atoms with E-state index >= 15 is 0 Å². The second-order valence-corrected chi connectivity index (χ2v) is 5.54. The molecular formula is C18H15F2N5O2.